The van der Waals surface area contributed by atoms with Crippen molar-refractivity contribution in [2.45, 2.75) is 26.4 Å². The molecule has 0 bridgehead atoms. The van der Waals surface area contributed by atoms with Crippen LogP contribution >= 0.6 is 0 Å². The molecule has 0 radical (unpaired) electrons. The molecule has 0 aliphatic carbocycles. The van der Waals surface area contributed by atoms with Gasteiger partial charge >= 0.3 is 5.97 Å². The summed E-state index contributed by atoms with van der Waals surface area (Å²) >= 11 is 0. The fourth-order valence-electron chi connectivity index (χ4n) is 2.76. The predicted octanol–water partition coefficient (Wildman–Crippen LogP) is 4.89. The average Bonchev–Trinajstić information content (AvgIpc) is 2.91. The number of rotatable bonds is 4. The molecule has 2 aromatic carbocycles. The normalized spacial score (nSPS) is 12.5. The predicted molar refractivity (Wildman–Crippen MR) is 89.7 cm³/mol. The third-order valence-electron chi connectivity index (χ3n) is 3.89. The first kappa shape index (κ1) is 14.4. The third-order valence-corrected chi connectivity index (χ3v) is 3.89. The van der Waals surface area contributed by atoms with E-state index >= 15 is 0 Å². The summed E-state index contributed by atoms with van der Waals surface area (Å²) in [5.41, 5.74) is 3.55. The van der Waals surface area contributed by atoms with Crippen LogP contribution in [0.1, 0.15) is 31.9 Å². The molecule has 3 heteroatoms. The molecule has 1 N–H and O–H groups in total. The molecule has 3 rings (SSSR count). The summed E-state index contributed by atoms with van der Waals surface area (Å²) in [6.45, 7) is 7.33. The zero-order valence-electron chi connectivity index (χ0n) is 12.8. The van der Waals surface area contributed by atoms with E-state index in [9.17, 15) is 4.79 Å². The van der Waals surface area contributed by atoms with Gasteiger partial charge in [0.05, 0.1) is 5.52 Å². The van der Waals surface area contributed by atoms with Crippen LogP contribution < -0.4 is 0 Å². The largest absolute Gasteiger partial charge is 0.454 e. The van der Waals surface area contributed by atoms with E-state index in [0.717, 1.165) is 22.0 Å². The van der Waals surface area contributed by atoms with Gasteiger partial charge < -0.3 is 9.72 Å². The van der Waals surface area contributed by atoms with Crippen molar-refractivity contribution < 1.29 is 9.53 Å². The van der Waals surface area contributed by atoms with E-state index in [0.29, 0.717) is 12.0 Å². The van der Waals surface area contributed by atoms with Crippen LogP contribution in [0.3, 0.4) is 0 Å². The summed E-state index contributed by atoms with van der Waals surface area (Å²) < 4.78 is 5.59. The van der Waals surface area contributed by atoms with Crippen LogP contribution in [-0.4, -0.2) is 11.0 Å². The van der Waals surface area contributed by atoms with Crippen molar-refractivity contribution >= 4 is 27.8 Å². The van der Waals surface area contributed by atoms with Crippen molar-refractivity contribution in [3.05, 3.63) is 60.2 Å². The molecule has 0 spiro atoms. The highest BCUT2D eigenvalue weighted by Crippen LogP contribution is 2.33. The number of nitrogens with one attached hydrogen (secondary N) is 1. The second kappa shape index (κ2) is 5.68. The molecule has 3 nitrogen and oxygen atoms in total. The van der Waals surface area contributed by atoms with Crippen LogP contribution in [0.4, 0.5) is 0 Å². The molecule has 0 saturated heterocycles. The zero-order valence-corrected chi connectivity index (χ0v) is 12.8. The highest BCUT2D eigenvalue weighted by Gasteiger charge is 2.19. The van der Waals surface area contributed by atoms with Crippen LogP contribution in [0.25, 0.3) is 21.8 Å². The summed E-state index contributed by atoms with van der Waals surface area (Å²) in [4.78, 5) is 15.3. The summed E-state index contributed by atoms with van der Waals surface area (Å²) in [6, 6.07) is 14.3. The number of para-hydroxylation sites is 2. The lowest BCUT2D eigenvalue weighted by molar-refractivity contribution is -0.144. The van der Waals surface area contributed by atoms with Gasteiger partial charge in [0.25, 0.3) is 0 Å². The Morgan fingerprint density at radius 2 is 1.91 bits per heavy atom. The maximum absolute atomic E-state index is 11.9. The van der Waals surface area contributed by atoms with E-state index in [4.69, 9.17) is 4.74 Å². The lowest BCUT2D eigenvalue weighted by Crippen LogP contribution is -2.11. The molecule has 1 heterocycles. The number of fused-ring (bicyclic) bond motifs is 3. The molecule has 0 amide bonds. The molecule has 1 aromatic heterocycles. The van der Waals surface area contributed by atoms with Gasteiger partial charge in [0.2, 0.25) is 0 Å². The van der Waals surface area contributed by atoms with Gasteiger partial charge in [0.1, 0.15) is 6.10 Å². The molecule has 0 aliphatic rings. The second-order valence-electron chi connectivity index (χ2n) is 5.52. The van der Waals surface area contributed by atoms with E-state index in [1.807, 2.05) is 31.2 Å². The minimum Gasteiger partial charge on any atom is -0.454 e. The Morgan fingerprint density at radius 1 is 1.18 bits per heavy atom. The Hall–Kier alpha value is -2.55. The lowest BCUT2D eigenvalue weighted by Gasteiger charge is -2.17. The van der Waals surface area contributed by atoms with Crippen molar-refractivity contribution in [2.24, 2.45) is 0 Å². The van der Waals surface area contributed by atoms with Gasteiger partial charge in [0.15, 0.2) is 0 Å². The van der Waals surface area contributed by atoms with Gasteiger partial charge in [-0.2, -0.15) is 0 Å². The number of esters is 1. The summed E-state index contributed by atoms with van der Waals surface area (Å²) in [7, 11) is 0. The molecule has 1 atom stereocenters. The number of hydrogen-bond acceptors (Lipinski definition) is 2. The standard InChI is InChI=1S/C19H19NO2/c1-4-17(22-19(21)12(2)3)15-10-7-9-14-13-8-5-6-11-16(13)20-18(14)15/h5-11,17,20H,2,4H2,1,3H3. The molecule has 22 heavy (non-hydrogen) atoms. The van der Waals surface area contributed by atoms with Crippen molar-refractivity contribution in [2.75, 3.05) is 0 Å². The zero-order chi connectivity index (χ0) is 15.7. The van der Waals surface area contributed by atoms with Crippen molar-refractivity contribution in [3.8, 4) is 0 Å². The van der Waals surface area contributed by atoms with Crippen LogP contribution in [0, 0.1) is 0 Å². The van der Waals surface area contributed by atoms with E-state index in [1.165, 1.54) is 5.39 Å². The third kappa shape index (κ3) is 2.39. The van der Waals surface area contributed by atoms with E-state index < -0.39 is 0 Å². The highest BCUT2D eigenvalue weighted by atomic mass is 16.5. The number of hydrogen-bond donors (Lipinski definition) is 1. The van der Waals surface area contributed by atoms with Gasteiger partial charge in [-0.15, -0.1) is 0 Å². The monoisotopic (exact) mass is 293 g/mol. The van der Waals surface area contributed by atoms with Crippen LogP contribution in [0.2, 0.25) is 0 Å². The molecule has 0 saturated carbocycles. The second-order valence-corrected chi connectivity index (χ2v) is 5.52. The smallest absolute Gasteiger partial charge is 0.333 e. The Labute approximate surface area is 129 Å². The molecule has 0 aliphatic heterocycles. The average molecular weight is 293 g/mol. The maximum Gasteiger partial charge on any atom is 0.333 e. The van der Waals surface area contributed by atoms with E-state index in [-0.39, 0.29) is 12.1 Å². The highest BCUT2D eigenvalue weighted by molar-refractivity contribution is 6.08. The van der Waals surface area contributed by atoms with E-state index in [2.05, 4.69) is 29.8 Å². The Balaban J connectivity index is 2.13. The van der Waals surface area contributed by atoms with Crippen LogP contribution in [0.15, 0.2) is 54.6 Å². The quantitative estimate of drug-likeness (QED) is 0.549. The summed E-state index contributed by atoms with van der Waals surface area (Å²) in [5, 5.41) is 2.33. The number of carbonyl (C=O) groups is 1. The minimum atomic E-state index is -0.347. The van der Waals surface area contributed by atoms with Crippen molar-refractivity contribution in [3.63, 3.8) is 0 Å². The number of benzene rings is 2. The first-order chi connectivity index (χ1) is 10.6. The number of carbonyl (C=O) groups excluding carboxylic acids is 1. The van der Waals surface area contributed by atoms with Gasteiger partial charge in [-0.25, -0.2) is 4.79 Å². The molecular weight excluding hydrogens is 274 g/mol. The molecule has 0 fully saturated rings. The SMILES string of the molecule is C=C(C)C(=O)OC(CC)c1cccc2c1[nH]c1ccccc12. The van der Waals surface area contributed by atoms with E-state index in [1.54, 1.807) is 6.92 Å². The maximum atomic E-state index is 11.9. The number of aromatic amines is 1. The van der Waals surface area contributed by atoms with Gasteiger partial charge in [-0.05, 0) is 19.4 Å². The van der Waals surface area contributed by atoms with Crippen LogP contribution in [0.5, 0.6) is 0 Å². The molecular formula is C19H19NO2. The fourth-order valence-corrected chi connectivity index (χ4v) is 2.76. The number of H-pyrrole nitrogens is 1. The lowest BCUT2D eigenvalue weighted by atomic mass is 10.0. The van der Waals surface area contributed by atoms with Crippen molar-refractivity contribution in [1.82, 2.24) is 4.98 Å². The van der Waals surface area contributed by atoms with Gasteiger partial charge in [-0.1, -0.05) is 49.9 Å². The van der Waals surface area contributed by atoms with Crippen molar-refractivity contribution in [1.29, 1.82) is 0 Å². The summed E-state index contributed by atoms with van der Waals surface area (Å²) in [5.74, 6) is -0.347. The molecule has 1 unspecified atom stereocenters. The first-order valence-corrected chi connectivity index (χ1v) is 7.47. The topological polar surface area (TPSA) is 42.1 Å². The number of ether oxygens (including phenoxy) is 1. The Kier molecular flexibility index (Phi) is 3.72. The Morgan fingerprint density at radius 3 is 2.64 bits per heavy atom. The van der Waals surface area contributed by atoms with Crippen LogP contribution in [-0.2, 0) is 9.53 Å². The Bertz CT molecular complexity index is 860. The van der Waals surface area contributed by atoms with Gasteiger partial charge in [-0.3, -0.25) is 0 Å². The first-order valence-electron chi connectivity index (χ1n) is 7.47. The fraction of sp³-hybridized carbons (Fsp3) is 0.211. The molecule has 112 valence electrons. The summed E-state index contributed by atoms with van der Waals surface area (Å²) in [6.07, 6.45) is 0.439. The molecule has 3 aromatic rings. The number of aromatic nitrogens is 1. The minimum absolute atomic E-state index is 0.277. The van der Waals surface area contributed by atoms with Gasteiger partial charge in [0, 0.05) is 27.4 Å².